The third-order valence-corrected chi connectivity index (χ3v) is 5.95. The van der Waals surface area contributed by atoms with E-state index < -0.39 is 29.5 Å². The molecule has 3 aromatic carbocycles. The molecule has 1 atom stereocenters. The minimum Gasteiger partial charge on any atom is -0.497 e. The van der Waals surface area contributed by atoms with Crippen molar-refractivity contribution in [1.82, 2.24) is 9.88 Å². The minimum atomic E-state index is -0.738. The molecule has 168 valence electrons. The average molecular weight is 451 g/mol. The highest BCUT2D eigenvalue weighted by atomic mass is 19.1. The zero-order valence-electron chi connectivity index (χ0n) is 17.7. The minimum absolute atomic E-state index is 0.245. The van der Waals surface area contributed by atoms with Crippen LogP contribution in [0.5, 0.6) is 5.75 Å². The lowest BCUT2D eigenvalue weighted by molar-refractivity contribution is 0.193. The maximum absolute atomic E-state index is 14.2. The lowest BCUT2D eigenvalue weighted by atomic mass is 9.92. The topological polar surface area (TPSA) is 57.4 Å². The van der Waals surface area contributed by atoms with Gasteiger partial charge in [-0.3, -0.25) is 0 Å². The number of benzene rings is 3. The lowest BCUT2D eigenvalue weighted by Crippen LogP contribution is -2.43. The molecule has 0 saturated carbocycles. The summed E-state index contributed by atoms with van der Waals surface area (Å²) in [5, 5.41) is 3.46. The second-order valence-corrected chi connectivity index (χ2v) is 7.88. The van der Waals surface area contributed by atoms with Gasteiger partial charge in [0, 0.05) is 29.2 Å². The highest BCUT2D eigenvalue weighted by Crippen LogP contribution is 2.39. The predicted octanol–water partition coefficient (Wildman–Crippen LogP) is 5.77. The van der Waals surface area contributed by atoms with Crippen molar-refractivity contribution in [3.63, 3.8) is 0 Å². The van der Waals surface area contributed by atoms with E-state index in [9.17, 15) is 18.0 Å². The Kier molecular flexibility index (Phi) is 5.20. The summed E-state index contributed by atoms with van der Waals surface area (Å²) < 4.78 is 46.8. The number of hydrogen-bond donors (Lipinski definition) is 2. The molecule has 4 aromatic rings. The molecule has 0 spiro atoms. The number of carbonyl (C=O) groups excluding carboxylic acids is 1. The molecule has 1 aromatic heterocycles. The Bertz CT molecular complexity index is 1350. The number of hydrogen-bond acceptors (Lipinski definition) is 2. The Labute approximate surface area is 187 Å². The lowest BCUT2D eigenvalue weighted by Gasteiger charge is -2.36. The van der Waals surface area contributed by atoms with E-state index in [1.165, 1.54) is 17.0 Å². The average Bonchev–Trinajstić information content (AvgIpc) is 3.19. The second-order valence-electron chi connectivity index (χ2n) is 7.88. The fourth-order valence-corrected chi connectivity index (χ4v) is 4.39. The Hall–Kier alpha value is -3.94. The van der Waals surface area contributed by atoms with Gasteiger partial charge in [0.1, 0.15) is 23.2 Å². The van der Waals surface area contributed by atoms with Crippen molar-refractivity contribution in [3.05, 3.63) is 94.9 Å². The molecule has 0 bridgehead atoms. The van der Waals surface area contributed by atoms with E-state index >= 15 is 0 Å². The van der Waals surface area contributed by atoms with Crippen LogP contribution in [-0.4, -0.2) is 29.6 Å². The SMILES string of the molecule is COc1ccc2[nH]c3c(c2c1)CCN(C(=O)Nc1cc(F)ccc1F)[C@@H]3c1ccc(F)cc1. The Morgan fingerprint density at radius 2 is 1.79 bits per heavy atom. The number of halogens is 3. The first kappa shape index (κ1) is 20.9. The summed E-state index contributed by atoms with van der Waals surface area (Å²) in [4.78, 5) is 18.2. The zero-order valence-corrected chi connectivity index (χ0v) is 17.7. The van der Waals surface area contributed by atoms with Crippen LogP contribution in [0, 0.1) is 17.5 Å². The van der Waals surface area contributed by atoms with Gasteiger partial charge in [-0.1, -0.05) is 12.1 Å². The Morgan fingerprint density at radius 3 is 2.55 bits per heavy atom. The van der Waals surface area contributed by atoms with Crippen molar-refractivity contribution in [2.75, 3.05) is 19.0 Å². The maximum atomic E-state index is 14.2. The Balaban J connectivity index is 1.59. The van der Waals surface area contributed by atoms with E-state index in [2.05, 4.69) is 10.3 Å². The van der Waals surface area contributed by atoms with E-state index in [1.54, 1.807) is 19.2 Å². The molecule has 5 rings (SSSR count). The number of carbonyl (C=O) groups is 1. The van der Waals surface area contributed by atoms with E-state index in [0.29, 0.717) is 24.3 Å². The number of nitrogens with zero attached hydrogens (tertiary/aromatic N) is 1. The number of nitrogens with one attached hydrogen (secondary N) is 2. The summed E-state index contributed by atoms with van der Waals surface area (Å²) in [7, 11) is 1.60. The molecular formula is C25H20F3N3O2. The molecule has 1 aliphatic heterocycles. The van der Waals surface area contributed by atoms with Crippen molar-refractivity contribution in [1.29, 1.82) is 0 Å². The summed E-state index contributed by atoms with van der Waals surface area (Å²) in [6.07, 6.45) is 0.541. The maximum Gasteiger partial charge on any atom is 0.322 e. The van der Waals surface area contributed by atoms with Crippen molar-refractivity contribution in [3.8, 4) is 5.75 Å². The third kappa shape index (κ3) is 3.77. The molecular weight excluding hydrogens is 431 g/mol. The van der Waals surface area contributed by atoms with Crippen LogP contribution in [0.2, 0.25) is 0 Å². The Morgan fingerprint density at radius 1 is 1.03 bits per heavy atom. The van der Waals surface area contributed by atoms with Gasteiger partial charge in [-0.05, 0) is 60.0 Å². The van der Waals surface area contributed by atoms with Crippen molar-refractivity contribution >= 4 is 22.6 Å². The van der Waals surface area contributed by atoms with Crippen LogP contribution in [-0.2, 0) is 6.42 Å². The quantitative estimate of drug-likeness (QED) is 0.415. The number of ether oxygens (including phenoxy) is 1. The number of methoxy groups -OCH3 is 1. The van der Waals surface area contributed by atoms with Gasteiger partial charge in [0.25, 0.3) is 0 Å². The van der Waals surface area contributed by atoms with Gasteiger partial charge < -0.3 is 19.9 Å². The fraction of sp³-hybridized carbons (Fsp3) is 0.160. The van der Waals surface area contributed by atoms with Crippen LogP contribution < -0.4 is 10.1 Å². The number of fused-ring (bicyclic) bond motifs is 3. The fourth-order valence-electron chi connectivity index (χ4n) is 4.39. The number of urea groups is 1. The summed E-state index contributed by atoms with van der Waals surface area (Å²) in [5.74, 6) is -1.08. The van der Waals surface area contributed by atoms with Gasteiger partial charge in [0.15, 0.2) is 0 Å². The largest absolute Gasteiger partial charge is 0.497 e. The van der Waals surface area contributed by atoms with Crippen LogP contribution in [0.3, 0.4) is 0 Å². The number of anilines is 1. The van der Waals surface area contributed by atoms with Crippen molar-refractivity contribution in [2.45, 2.75) is 12.5 Å². The van der Waals surface area contributed by atoms with E-state index in [1.807, 2.05) is 18.2 Å². The molecule has 8 heteroatoms. The summed E-state index contributed by atoms with van der Waals surface area (Å²) in [6.45, 7) is 0.321. The molecule has 2 amide bonds. The molecule has 2 N–H and O–H groups in total. The van der Waals surface area contributed by atoms with Crippen LogP contribution in [0.15, 0.2) is 60.7 Å². The zero-order chi connectivity index (χ0) is 23.1. The molecule has 0 saturated heterocycles. The third-order valence-electron chi connectivity index (χ3n) is 5.95. The molecule has 5 nitrogen and oxygen atoms in total. The standard InChI is InChI=1S/C25H20F3N3O2/c1-33-17-7-9-21-19(13-17)18-10-11-31(25(32)30-22-12-16(27)6-8-20(22)28)24(23(18)29-21)14-2-4-15(26)5-3-14/h2-9,12-13,24,29H,10-11H2,1H3,(H,30,32)/t24-/m1/s1. The van der Waals surface area contributed by atoms with Gasteiger partial charge in [-0.2, -0.15) is 0 Å². The molecule has 33 heavy (non-hydrogen) atoms. The molecule has 0 unspecified atom stereocenters. The van der Waals surface area contributed by atoms with Crippen LogP contribution in [0.1, 0.15) is 22.9 Å². The number of amides is 2. The molecule has 1 aliphatic rings. The number of rotatable bonds is 3. The van der Waals surface area contributed by atoms with E-state index in [0.717, 1.165) is 40.4 Å². The van der Waals surface area contributed by atoms with Crippen LogP contribution >= 0.6 is 0 Å². The van der Waals surface area contributed by atoms with Crippen LogP contribution in [0.4, 0.5) is 23.7 Å². The molecule has 0 radical (unpaired) electrons. The molecule has 2 heterocycles. The van der Waals surface area contributed by atoms with Crippen LogP contribution in [0.25, 0.3) is 10.9 Å². The predicted molar refractivity (Wildman–Crippen MR) is 119 cm³/mol. The van der Waals surface area contributed by atoms with Gasteiger partial charge in [-0.25, -0.2) is 18.0 Å². The summed E-state index contributed by atoms with van der Waals surface area (Å²) in [5.41, 5.74) is 3.13. The smallest absolute Gasteiger partial charge is 0.322 e. The first-order valence-electron chi connectivity index (χ1n) is 10.4. The second kappa shape index (κ2) is 8.20. The van der Waals surface area contributed by atoms with Gasteiger partial charge in [0.2, 0.25) is 0 Å². The summed E-state index contributed by atoms with van der Waals surface area (Å²) in [6, 6.07) is 13.3. The number of aromatic amines is 1. The first-order chi connectivity index (χ1) is 15.9. The monoisotopic (exact) mass is 451 g/mol. The van der Waals surface area contributed by atoms with E-state index in [4.69, 9.17) is 4.74 Å². The highest BCUT2D eigenvalue weighted by Gasteiger charge is 2.35. The van der Waals surface area contributed by atoms with Gasteiger partial charge in [-0.15, -0.1) is 0 Å². The molecule has 0 fully saturated rings. The van der Waals surface area contributed by atoms with Gasteiger partial charge >= 0.3 is 6.03 Å². The number of H-pyrrole nitrogens is 1. The summed E-state index contributed by atoms with van der Waals surface area (Å²) >= 11 is 0. The van der Waals surface area contributed by atoms with Gasteiger partial charge in [0.05, 0.1) is 18.8 Å². The van der Waals surface area contributed by atoms with E-state index in [-0.39, 0.29) is 5.69 Å². The van der Waals surface area contributed by atoms with Crippen molar-refractivity contribution < 1.29 is 22.7 Å². The molecule has 0 aliphatic carbocycles. The number of aromatic nitrogens is 1. The first-order valence-corrected chi connectivity index (χ1v) is 10.4. The van der Waals surface area contributed by atoms with Crippen molar-refractivity contribution in [2.24, 2.45) is 0 Å². The normalized spacial score (nSPS) is 15.4. The highest BCUT2D eigenvalue weighted by molar-refractivity contribution is 5.92.